The summed E-state index contributed by atoms with van der Waals surface area (Å²) < 4.78 is 7.69. The van der Waals surface area contributed by atoms with Crippen LogP contribution in [0, 0.1) is 11.3 Å². The van der Waals surface area contributed by atoms with Gasteiger partial charge in [0.25, 0.3) is 0 Å². The molecule has 0 bridgehead atoms. The first-order valence-electron chi connectivity index (χ1n) is 7.35. The number of nitriles is 1. The number of rotatable bonds is 3. The van der Waals surface area contributed by atoms with Gasteiger partial charge in [-0.3, -0.25) is 0 Å². The smallest absolute Gasteiger partial charge is 0.156 e. The van der Waals surface area contributed by atoms with E-state index in [9.17, 15) is 0 Å². The van der Waals surface area contributed by atoms with Crippen LogP contribution in [-0.4, -0.2) is 9.78 Å². The van der Waals surface area contributed by atoms with Crippen LogP contribution < -0.4 is 0 Å². The van der Waals surface area contributed by atoms with Crippen molar-refractivity contribution >= 4 is 11.0 Å². The predicted molar refractivity (Wildman–Crippen MR) is 88.1 cm³/mol. The normalized spacial score (nSPS) is 10.7. The van der Waals surface area contributed by atoms with Gasteiger partial charge in [-0.25, -0.2) is 4.68 Å². The van der Waals surface area contributed by atoms with E-state index in [1.807, 2.05) is 66.9 Å². The number of hydrogen-bond donors (Lipinski definition) is 0. The Balaban J connectivity index is 1.86. The first-order chi connectivity index (χ1) is 11.3. The SMILES string of the molecule is N#CCc1cn(-c2ccccc2)nc1-c1cc2ccccc2o1. The zero-order chi connectivity index (χ0) is 15.6. The second-order valence-corrected chi connectivity index (χ2v) is 5.27. The highest BCUT2D eigenvalue weighted by atomic mass is 16.3. The standard InChI is InChI=1S/C19H13N3O/c20-11-10-15-13-22(16-7-2-1-3-8-16)21-19(15)18-12-14-6-4-5-9-17(14)23-18/h1-9,12-13H,10H2. The van der Waals surface area contributed by atoms with Gasteiger partial charge in [-0.05, 0) is 24.3 Å². The van der Waals surface area contributed by atoms with Crippen LogP contribution in [0.5, 0.6) is 0 Å². The van der Waals surface area contributed by atoms with Gasteiger partial charge in [0.1, 0.15) is 11.3 Å². The number of fused-ring (bicyclic) bond motifs is 1. The lowest BCUT2D eigenvalue weighted by Gasteiger charge is -1.98. The van der Waals surface area contributed by atoms with Crippen molar-refractivity contribution in [3.63, 3.8) is 0 Å². The van der Waals surface area contributed by atoms with E-state index in [1.54, 1.807) is 4.68 Å². The van der Waals surface area contributed by atoms with Gasteiger partial charge in [0.15, 0.2) is 5.76 Å². The molecule has 0 spiro atoms. The van der Waals surface area contributed by atoms with Crippen molar-refractivity contribution in [1.82, 2.24) is 9.78 Å². The second-order valence-electron chi connectivity index (χ2n) is 5.27. The number of nitrogens with zero attached hydrogens (tertiary/aromatic N) is 3. The number of benzene rings is 2. The van der Waals surface area contributed by atoms with Gasteiger partial charge in [0.2, 0.25) is 0 Å². The highest BCUT2D eigenvalue weighted by Gasteiger charge is 2.16. The molecule has 0 unspecified atom stereocenters. The molecule has 0 atom stereocenters. The monoisotopic (exact) mass is 299 g/mol. The van der Waals surface area contributed by atoms with Gasteiger partial charge < -0.3 is 4.42 Å². The van der Waals surface area contributed by atoms with Gasteiger partial charge in [0.05, 0.1) is 18.2 Å². The molecule has 0 amide bonds. The van der Waals surface area contributed by atoms with Crippen molar-refractivity contribution in [1.29, 1.82) is 5.26 Å². The molecule has 4 heteroatoms. The topological polar surface area (TPSA) is 54.8 Å². The summed E-state index contributed by atoms with van der Waals surface area (Å²) >= 11 is 0. The first-order valence-corrected chi connectivity index (χ1v) is 7.35. The molecule has 0 saturated carbocycles. The van der Waals surface area contributed by atoms with Crippen molar-refractivity contribution in [2.75, 3.05) is 0 Å². The minimum Gasteiger partial charge on any atom is -0.454 e. The van der Waals surface area contributed by atoms with Crippen molar-refractivity contribution in [3.8, 4) is 23.2 Å². The fraction of sp³-hybridized carbons (Fsp3) is 0.0526. The maximum Gasteiger partial charge on any atom is 0.156 e. The molecule has 0 radical (unpaired) electrons. The second kappa shape index (κ2) is 5.47. The van der Waals surface area contributed by atoms with Crippen molar-refractivity contribution in [2.45, 2.75) is 6.42 Å². The highest BCUT2D eigenvalue weighted by molar-refractivity contribution is 5.82. The number of aromatic nitrogens is 2. The largest absolute Gasteiger partial charge is 0.454 e. The summed E-state index contributed by atoms with van der Waals surface area (Å²) in [7, 11) is 0. The summed E-state index contributed by atoms with van der Waals surface area (Å²) in [6.07, 6.45) is 2.18. The maximum absolute atomic E-state index is 9.09. The van der Waals surface area contributed by atoms with E-state index in [2.05, 4.69) is 11.2 Å². The lowest BCUT2D eigenvalue weighted by Crippen LogP contribution is -1.93. The maximum atomic E-state index is 9.09. The Labute approximate surface area is 133 Å². The van der Waals surface area contributed by atoms with E-state index in [0.717, 1.165) is 22.2 Å². The van der Waals surface area contributed by atoms with Crippen LogP contribution in [0.2, 0.25) is 0 Å². The Bertz CT molecular complexity index is 973. The molecule has 0 aliphatic rings. The average Bonchev–Trinajstić information content (AvgIpc) is 3.19. The zero-order valence-corrected chi connectivity index (χ0v) is 12.3. The lowest BCUT2D eigenvalue weighted by molar-refractivity contribution is 0.626. The molecule has 0 aliphatic heterocycles. The molecule has 4 rings (SSSR count). The molecule has 0 N–H and O–H groups in total. The molecule has 0 aliphatic carbocycles. The molecule has 110 valence electrons. The van der Waals surface area contributed by atoms with E-state index in [0.29, 0.717) is 17.9 Å². The van der Waals surface area contributed by atoms with E-state index in [-0.39, 0.29) is 0 Å². The number of hydrogen-bond acceptors (Lipinski definition) is 3. The van der Waals surface area contributed by atoms with Gasteiger partial charge >= 0.3 is 0 Å². The minimum absolute atomic E-state index is 0.291. The highest BCUT2D eigenvalue weighted by Crippen LogP contribution is 2.30. The van der Waals surface area contributed by atoms with Crippen molar-refractivity contribution < 1.29 is 4.42 Å². The molecular formula is C19H13N3O. The zero-order valence-electron chi connectivity index (χ0n) is 12.3. The summed E-state index contributed by atoms with van der Waals surface area (Å²) in [5.41, 5.74) is 3.34. The first kappa shape index (κ1) is 13.4. The molecule has 2 aromatic carbocycles. The van der Waals surface area contributed by atoms with Crippen LogP contribution in [0.15, 0.2) is 71.3 Å². The summed E-state index contributed by atoms with van der Waals surface area (Å²) in [6, 6.07) is 21.8. The molecule has 4 aromatic rings. The van der Waals surface area contributed by atoms with Gasteiger partial charge in [0, 0.05) is 17.1 Å². The summed E-state index contributed by atoms with van der Waals surface area (Å²) in [5, 5.41) is 14.8. The van der Waals surface area contributed by atoms with Crippen LogP contribution in [0.3, 0.4) is 0 Å². The molecule has 0 fully saturated rings. The van der Waals surface area contributed by atoms with Gasteiger partial charge in [-0.2, -0.15) is 10.4 Å². The number of furan rings is 1. The molecule has 4 nitrogen and oxygen atoms in total. The van der Waals surface area contributed by atoms with Gasteiger partial charge in [-0.15, -0.1) is 0 Å². The third-order valence-electron chi connectivity index (χ3n) is 3.74. The third kappa shape index (κ3) is 2.39. The van der Waals surface area contributed by atoms with Crippen LogP contribution in [0.4, 0.5) is 0 Å². The Morgan fingerprint density at radius 3 is 2.61 bits per heavy atom. The Morgan fingerprint density at radius 2 is 1.83 bits per heavy atom. The van der Waals surface area contributed by atoms with Crippen LogP contribution in [0.25, 0.3) is 28.1 Å². The fourth-order valence-corrected chi connectivity index (χ4v) is 2.64. The average molecular weight is 299 g/mol. The number of para-hydroxylation sites is 2. The van der Waals surface area contributed by atoms with Gasteiger partial charge in [-0.1, -0.05) is 36.4 Å². The predicted octanol–water partition coefficient (Wildman–Crippen LogP) is 4.35. The minimum atomic E-state index is 0.291. The summed E-state index contributed by atoms with van der Waals surface area (Å²) in [4.78, 5) is 0. The quantitative estimate of drug-likeness (QED) is 0.565. The van der Waals surface area contributed by atoms with E-state index < -0.39 is 0 Å². The van der Waals surface area contributed by atoms with E-state index in [4.69, 9.17) is 9.68 Å². The van der Waals surface area contributed by atoms with Crippen molar-refractivity contribution in [3.05, 3.63) is 72.4 Å². The van der Waals surface area contributed by atoms with Crippen LogP contribution in [0.1, 0.15) is 5.56 Å². The molecule has 2 aromatic heterocycles. The van der Waals surface area contributed by atoms with Crippen LogP contribution >= 0.6 is 0 Å². The Kier molecular flexibility index (Phi) is 3.17. The third-order valence-corrected chi connectivity index (χ3v) is 3.74. The molecular weight excluding hydrogens is 286 g/mol. The molecule has 2 heterocycles. The Hall–Kier alpha value is -3.32. The Morgan fingerprint density at radius 1 is 1.04 bits per heavy atom. The summed E-state index contributed by atoms with van der Waals surface area (Å²) in [6.45, 7) is 0. The van der Waals surface area contributed by atoms with E-state index in [1.165, 1.54) is 0 Å². The van der Waals surface area contributed by atoms with Crippen LogP contribution in [-0.2, 0) is 6.42 Å². The molecule has 23 heavy (non-hydrogen) atoms. The molecule has 0 saturated heterocycles. The fourth-order valence-electron chi connectivity index (χ4n) is 2.64. The lowest BCUT2D eigenvalue weighted by atomic mass is 10.1. The van der Waals surface area contributed by atoms with E-state index >= 15 is 0 Å². The summed E-state index contributed by atoms with van der Waals surface area (Å²) in [5.74, 6) is 0.686. The van der Waals surface area contributed by atoms with Crippen molar-refractivity contribution in [2.24, 2.45) is 0 Å².